The highest BCUT2D eigenvalue weighted by Gasteiger charge is 2.32. The molecule has 148 valence electrons. The number of nitrogens with zero attached hydrogens (tertiary/aromatic N) is 3. The van der Waals surface area contributed by atoms with E-state index in [1.807, 2.05) is 30.3 Å². The van der Waals surface area contributed by atoms with Crippen LogP contribution in [0.2, 0.25) is 0 Å². The van der Waals surface area contributed by atoms with E-state index in [1.165, 1.54) is 24.0 Å². The van der Waals surface area contributed by atoms with Gasteiger partial charge in [0.25, 0.3) is 5.69 Å². The zero-order valence-corrected chi connectivity index (χ0v) is 16.4. The molecule has 0 radical (unpaired) electrons. The van der Waals surface area contributed by atoms with E-state index in [-0.39, 0.29) is 17.3 Å². The lowest BCUT2D eigenvalue weighted by Crippen LogP contribution is -2.26. The van der Waals surface area contributed by atoms with Crippen LogP contribution in [-0.2, 0) is 9.59 Å². The maximum Gasteiger partial charge on any atom is 0.305 e. The van der Waals surface area contributed by atoms with Gasteiger partial charge in [-0.15, -0.1) is 5.10 Å². The number of aliphatic carboxylic acids is 1. The van der Waals surface area contributed by atoms with Crippen LogP contribution >= 0.6 is 23.5 Å². The summed E-state index contributed by atoms with van der Waals surface area (Å²) in [6, 6.07) is 14.0. The smallest absolute Gasteiger partial charge is 0.305 e. The normalized spacial score (nSPS) is 17.6. The molecular weight excluding hydrogens is 416 g/mol. The Morgan fingerprint density at radius 1 is 1.31 bits per heavy atom. The first-order valence-electron chi connectivity index (χ1n) is 8.24. The summed E-state index contributed by atoms with van der Waals surface area (Å²) in [4.78, 5) is 34.7. The number of rotatable bonds is 7. The van der Waals surface area contributed by atoms with Crippen LogP contribution in [0.15, 0.2) is 68.5 Å². The fraction of sp³-hybridized carbons (Fsp3) is 0.111. The highest BCUT2D eigenvalue weighted by molar-refractivity contribution is 8.15. The summed E-state index contributed by atoms with van der Waals surface area (Å²) in [7, 11) is 0. The van der Waals surface area contributed by atoms with Crippen LogP contribution in [0.5, 0.6) is 0 Å². The number of carboxylic acid groups (broad SMARTS) is 1. The van der Waals surface area contributed by atoms with Gasteiger partial charge in [0.15, 0.2) is 5.17 Å². The molecule has 0 aromatic heterocycles. The molecule has 1 aliphatic rings. The van der Waals surface area contributed by atoms with Crippen LogP contribution in [0, 0.1) is 10.1 Å². The summed E-state index contributed by atoms with van der Waals surface area (Å²) in [5.74, 6) is -1.52. The van der Waals surface area contributed by atoms with E-state index >= 15 is 0 Å². The molecule has 3 rings (SSSR count). The summed E-state index contributed by atoms with van der Waals surface area (Å²) in [5, 5.41) is 29.8. The molecule has 0 saturated carbocycles. The maximum atomic E-state index is 11.7. The predicted molar refractivity (Wildman–Crippen MR) is 110 cm³/mol. The van der Waals surface area contributed by atoms with Crippen molar-refractivity contribution in [2.45, 2.75) is 21.5 Å². The third kappa shape index (κ3) is 5.65. The van der Waals surface area contributed by atoms with Crippen molar-refractivity contribution in [1.82, 2.24) is 5.32 Å². The molecule has 9 nitrogen and oxygen atoms in total. The number of benzene rings is 2. The van der Waals surface area contributed by atoms with E-state index in [4.69, 9.17) is 5.11 Å². The standard InChI is InChI=1S/C18H14N4O5S2/c23-16(24)9-15-17(25)20-18(29-15)21-19-10-11-6-7-14(13(8-11)22(26)27)28-12-4-2-1-3-5-12/h1-8,10,15H,9H2,(H,23,24)(H,20,21,25). The van der Waals surface area contributed by atoms with Gasteiger partial charge in [0.1, 0.15) is 5.25 Å². The zero-order valence-electron chi connectivity index (χ0n) is 14.7. The molecule has 0 aliphatic carbocycles. The van der Waals surface area contributed by atoms with Crippen LogP contribution in [0.1, 0.15) is 12.0 Å². The lowest BCUT2D eigenvalue weighted by atomic mass is 10.2. The number of carboxylic acids is 1. The Labute approximate surface area is 173 Å². The Kier molecular flexibility index (Phi) is 6.62. The first kappa shape index (κ1) is 20.6. The van der Waals surface area contributed by atoms with Crippen molar-refractivity contribution in [2.75, 3.05) is 0 Å². The fourth-order valence-corrected chi connectivity index (χ4v) is 4.19. The van der Waals surface area contributed by atoms with E-state index in [1.54, 1.807) is 12.1 Å². The molecule has 0 spiro atoms. The van der Waals surface area contributed by atoms with Gasteiger partial charge in [-0.3, -0.25) is 19.7 Å². The Bertz CT molecular complexity index is 1010. The molecule has 29 heavy (non-hydrogen) atoms. The first-order valence-corrected chi connectivity index (χ1v) is 9.93. The molecule has 2 N–H and O–H groups in total. The number of hydrogen-bond donors (Lipinski definition) is 2. The molecule has 1 heterocycles. The zero-order chi connectivity index (χ0) is 20.8. The largest absolute Gasteiger partial charge is 0.481 e. The van der Waals surface area contributed by atoms with Crippen molar-refractivity contribution in [3.8, 4) is 0 Å². The molecule has 0 bridgehead atoms. The van der Waals surface area contributed by atoms with E-state index in [2.05, 4.69) is 15.5 Å². The molecular formula is C18H14N4O5S2. The van der Waals surface area contributed by atoms with E-state index in [0.717, 1.165) is 16.7 Å². The van der Waals surface area contributed by atoms with Crippen molar-refractivity contribution >= 4 is 52.5 Å². The van der Waals surface area contributed by atoms with Gasteiger partial charge >= 0.3 is 5.97 Å². The monoisotopic (exact) mass is 430 g/mol. The minimum atomic E-state index is -1.08. The summed E-state index contributed by atoms with van der Waals surface area (Å²) < 4.78 is 0. The SMILES string of the molecule is O=C(O)CC1SC(=NN=Cc2ccc(Sc3ccccc3)c([N+](=O)[O-])c2)NC1=O. The molecule has 2 aromatic rings. The Hall–Kier alpha value is -3.18. The third-order valence-corrected chi connectivity index (χ3v) is 5.79. The average Bonchev–Trinajstić information content (AvgIpc) is 3.02. The molecule has 11 heteroatoms. The lowest BCUT2D eigenvalue weighted by Gasteiger charge is -2.03. The van der Waals surface area contributed by atoms with E-state index in [9.17, 15) is 19.7 Å². The number of amidine groups is 1. The molecule has 1 fully saturated rings. The molecule has 1 atom stereocenters. The Morgan fingerprint density at radius 3 is 2.76 bits per heavy atom. The number of carbonyl (C=O) groups is 2. The fourth-order valence-electron chi connectivity index (χ4n) is 2.35. The van der Waals surface area contributed by atoms with Gasteiger partial charge < -0.3 is 10.4 Å². The first-order chi connectivity index (χ1) is 13.9. The van der Waals surface area contributed by atoms with Crippen molar-refractivity contribution in [3.05, 3.63) is 64.2 Å². The maximum absolute atomic E-state index is 11.7. The van der Waals surface area contributed by atoms with Gasteiger partial charge in [-0.25, -0.2) is 0 Å². The van der Waals surface area contributed by atoms with Crippen LogP contribution in [0.3, 0.4) is 0 Å². The summed E-state index contributed by atoms with van der Waals surface area (Å²) in [6.07, 6.45) is 1.01. The summed E-state index contributed by atoms with van der Waals surface area (Å²) in [5.41, 5.74) is 0.412. The minimum absolute atomic E-state index is 0.0551. The topological polar surface area (TPSA) is 134 Å². The number of thioether (sulfide) groups is 1. The van der Waals surface area contributed by atoms with Gasteiger partial charge in [0.05, 0.1) is 22.5 Å². The summed E-state index contributed by atoms with van der Waals surface area (Å²) in [6.45, 7) is 0. The second kappa shape index (κ2) is 9.34. The van der Waals surface area contributed by atoms with Crippen LogP contribution < -0.4 is 5.32 Å². The van der Waals surface area contributed by atoms with Gasteiger partial charge in [-0.2, -0.15) is 5.10 Å². The number of nitrogens with one attached hydrogen (secondary N) is 1. The van der Waals surface area contributed by atoms with Gasteiger partial charge in [-0.05, 0) is 18.2 Å². The number of hydrogen-bond acceptors (Lipinski definition) is 8. The number of nitro groups is 1. The van der Waals surface area contributed by atoms with Crippen LogP contribution in [0.4, 0.5) is 5.69 Å². The second-order valence-electron chi connectivity index (χ2n) is 5.74. The van der Waals surface area contributed by atoms with E-state index < -0.39 is 22.0 Å². The predicted octanol–water partition coefficient (Wildman–Crippen LogP) is 3.14. The molecule has 1 unspecified atom stereocenters. The average molecular weight is 430 g/mol. The van der Waals surface area contributed by atoms with Crippen LogP contribution in [-0.4, -0.2) is 38.5 Å². The van der Waals surface area contributed by atoms with Gasteiger partial charge in [0, 0.05) is 16.5 Å². The van der Waals surface area contributed by atoms with Crippen LogP contribution in [0.25, 0.3) is 0 Å². The Morgan fingerprint density at radius 2 is 2.07 bits per heavy atom. The molecule has 1 aliphatic heterocycles. The molecule has 1 saturated heterocycles. The van der Waals surface area contributed by atoms with Crippen molar-refractivity contribution in [3.63, 3.8) is 0 Å². The minimum Gasteiger partial charge on any atom is -0.481 e. The van der Waals surface area contributed by atoms with E-state index in [0.29, 0.717) is 10.5 Å². The second-order valence-corrected chi connectivity index (χ2v) is 8.05. The van der Waals surface area contributed by atoms with Gasteiger partial charge in [0.2, 0.25) is 5.91 Å². The van der Waals surface area contributed by atoms with Crippen molar-refractivity contribution < 1.29 is 19.6 Å². The summed E-state index contributed by atoms with van der Waals surface area (Å²) >= 11 is 2.27. The third-order valence-electron chi connectivity index (χ3n) is 3.64. The number of nitro benzene ring substituents is 1. The van der Waals surface area contributed by atoms with Crippen molar-refractivity contribution in [1.29, 1.82) is 0 Å². The lowest BCUT2D eigenvalue weighted by molar-refractivity contribution is -0.387. The quantitative estimate of drug-likeness (QED) is 0.391. The Balaban J connectivity index is 1.73. The highest BCUT2D eigenvalue weighted by atomic mass is 32.2. The highest BCUT2D eigenvalue weighted by Crippen LogP contribution is 2.35. The number of amides is 1. The molecule has 2 aromatic carbocycles. The van der Waals surface area contributed by atoms with Crippen molar-refractivity contribution in [2.24, 2.45) is 10.2 Å². The molecule has 1 amide bonds. The van der Waals surface area contributed by atoms with Gasteiger partial charge in [-0.1, -0.05) is 47.8 Å². The number of carbonyl (C=O) groups excluding carboxylic acids is 1.